The molecule has 4 rings (SSSR count). The molecule has 2 aliphatic rings. The van der Waals surface area contributed by atoms with Gasteiger partial charge in [0.15, 0.2) is 16.5 Å². The van der Waals surface area contributed by atoms with Crippen molar-refractivity contribution >= 4 is 15.9 Å². The summed E-state index contributed by atoms with van der Waals surface area (Å²) < 4.78 is 39.7. The minimum atomic E-state index is -3.72. The molecule has 2 aliphatic heterocycles. The third-order valence-electron chi connectivity index (χ3n) is 5.44. The van der Waals surface area contributed by atoms with Crippen LogP contribution in [-0.4, -0.2) is 48.1 Å². The van der Waals surface area contributed by atoms with Crippen LogP contribution in [-0.2, 0) is 21.4 Å². The van der Waals surface area contributed by atoms with Crippen LogP contribution in [0.5, 0.6) is 11.5 Å². The number of amides is 1. The molecule has 10 heteroatoms. The molecular formula is C20H26N4O5S. The topological polar surface area (TPSA) is 103 Å². The first-order valence-corrected chi connectivity index (χ1v) is 11.5. The fourth-order valence-corrected chi connectivity index (χ4v) is 5.07. The van der Waals surface area contributed by atoms with E-state index < -0.39 is 15.9 Å². The SMILES string of the molecule is CC(C)n1cnc(S(=O)(=O)N2CCC[C@H](C(=O)NCc3ccc4c(c3)OCO4)C2)c1. The third-order valence-corrected chi connectivity index (χ3v) is 7.19. The monoisotopic (exact) mass is 434 g/mol. The van der Waals surface area contributed by atoms with Crippen LogP contribution in [0.3, 0.4) is 0 Å². The zero-order valence-corrected chi connectivity index (χ0v) is 17.9. The molecule has 0 radical (unpaired) electrons. The van der Waals surface area contributed by atoms with Gasteiger partial charge in [0.25, 0.3) is 10.0 Å². The minimum absolute atomic E-state index is 0.0256. The highest BCUT2D eigenvalue weighted by Crippen LogP contribution is 2.32. The Morgan fingerprint density at radius 2 is 2.10 bits per heavy atom. The molecule has 30 heavy (non-hydrogen) atoms. The zero-order chi connectivity index (χ0) is 21.3. The lowest BCUT2D eigenvalue weighted by Gasteiger charge is -2.30. The van der Waals surface area contributed by atoms with Crippen molar-refractivity contribution in [2.75, 3.05) is 19.9 Å². The summed E-state index contributed by atoms with van der Waals surface area (Å²) in [7, 11) is -3.72. The number of carbonyl (C=O) groups excluding carboxylic acids is 1. The molecule has 9 nitrogen and oxygen atoms in total. The van der Waals surface area contributed by atoms with E-state index in [-0.39, 0.29) is 30.3 Å². The molecule has 0 spiro atoms. The number of sulfonamides is 1. The van der Waals surface area contributed by atoms with Crippen molar-refractivity contribution in [1.29, 1.82) is 0 Å². The molecule has 0 saturated carbocycles. The predicted octanol–water partition coefficient (Wildman–Crippen LogP) is 1.91. The summed E-state index contributed by atoms with van der Waals surface area (Å²) in [5.74, 6) is 0.811. The van der Waals surface area contributed by atoms with Gasteiger partial charge in [0.1, 0.15) is 0 Å². The summed E-state index contributed by atoms with van der Waals surface area (Å²) in [6.45, 7) is 5.01. The van der Waals surface area contributed by atoms with Crippen molar-refractivity contribution < 1.29 is 22.7 Å². The summed E-state index contributed by atoms with van der Waals surface area (Å²) >= 11 is 0. The van der Waals surface area contributed by atoms with Crippen LogP contribution in [0.1, 0.15) is 38.3 Å². The summed E-state index contributed by atoms with van der Waals surface area (Å²) in [5.41, 5.74) is 0.895. The Kier molecular flexibility index (Phi) is 5.70. The molecule has 162 valence electrons. The van der Waals surface area contributed by atoms with Crippen molar-refractivity contribution in [3.63, 3.8) is 0 Å². The number of hydrogen-bond acceptors (Lipinski definition) is 6. The molecule has 1 N–H and O–H groups in total. The first-order valence-electron chi connectivity index (χ1n) is 10.0. The van der Waals surface area contributed by atoms with Crippen LogP contribution in [0, 0.1) is 5.92 Å². The Bertz CT molecular complexity index is 1030. The van der Waals surface area contributed by atoms with Crippen LogP contribution >= 0.6 is 0 Å². The van der Waals surface area contributed by atoms with Crippen LogP contribution in [0.15, 0.2) is 35.7 Å². The summed E-state index contributed by atoms with van der Waals surface area (Å²) in [5, 5.41) is 2.94. The fraction of sp³-hybridized carbons (Fsp3) is 0.500. The number of nitrogens with one attached hydrogen (secondary N) is 1. The first kappa shape index (κ1) is 20.7. The average molecular weight is 435 g/mol. The number of rotatable bonds is 6. The van der Waals surface area contributed by atoms with Gasteiger partial charge in [0.2, 0.25) is 12.7 Å². The van der Waals surface area contributed by atoms with Crippen LogP contribution in [0.2, 0.25) is 0 Å². The number of imidazole rings is 1. The fourth-order valence-electron chi connectivity index (χ4n) is 3.62. The van der Waals surface area contributed by atoms with Crippen LogP contribution < -0.4 is 14.8 Å². The van der Waals surface area contributed by atoms with Crippen LogP contribution in [0.25, 0.3) is 0 Å². The highest BCUT2D eigenvalue weighted by Gasteiger charge is 2.34. The first-order chi connectivity index (χ1) is 14.3. The van der Waals surface area contributed by atoms with Crippen molar-refractivity contribution in [3.8, 4) is 11.5 Å². The predicted molar refractivity (Wildman–Crippen MR) is 109 cm³/mol. The van der Waals surface area contributed by atoms with E-state index in [0.29, 0.717) is 37.4 Å². The summed E-state index contributed by atoms with van der Waals surface area (Å²) in [6, 6.07) is 5.65. The Labute approximate surface area is 176 Å². The zero-order valence-electron chi connectivity index (χ0n) is 17.1. The molecule has 1 saturated heterocycles. The Morgan fingerprint density at radius 1 is 1.30 bits per heavy atom. The number of benzene rings is 1. The van der Waals surface area contributed by atoms with Gasteiger partial charge in [-0.25, -0.2) is 13.4 Å². The van der Waals surface area contributed by atoms with Crippen molar-refractivity contribution in [3.05, 3.63) is 36.3 Å². The van der Waals surface area contributed by atoms with Gasteiger partial charge in [-0.3, -0.25) is 4.79 Å². The normalized spacial score (nSPS) is 19.2. The molecule has 1 amide bonds. The van der Waals surface area contributed by atoms with E-state index in [2.05, 4.69) is 10.3 Å². The molecule has 3 heterocycles. The number of aromatic nitrogens is 2. The van der Waals surface area contributed by atoms with E-state index in [9.17, 15) is 13.2 Å². The molecular weight excluding hydrogens is 408 g/mol. The number of fused-ring (bicyclic) bond motifs is 1. The minimum Gasteiger partial charge on any atom is -0.454 e. The Morgan fingerprint density at radius 3 is 2.87 bits per heavy atom. The molecule has 2 aromatic rings. The maximum absolute atomic E-state index is 13.0. The molecule has 1 aromatic heterocycles. The van der Waals surface area contributed by atoms with E-state index in [1.54, 1.807) is 10.8 Å². The highest BCUT2D eigenvalue weighted by molar-refractivity contribution is 7.89. The lowest BCUT2D eigenvalue weighted by molar-refractivity contribution is -0.126. The second kappa shape index (κ2) is 8.27. The van der Waals surface area contributed by atoms with Gasteiger partial charge in [0, 0.05) is 31.9 Å². The second-order valence-corrected chi connectivity index (χ2v) is 9.75. The van der Waals surface area contributed by atoms with Gasteiger partial charge >= 0.3 is 0 Å². The smallest absolute Gasteiger partial charge is 0.262 e. The number of ether oxygens (including phenoxy) is 2. The number of nitrogens with zero attached hydrogens (tertiary/aromatic N) is 3. The van der Waals surface area contributed by atoms with Crippen LogP contribution in [0.4, 0.5) is 0 Å². The standard InChI is InChI=1S/C20H26N4O5S/c1-14(2)23-11-19(22-12-23)30(26,27)24-7-3-4-16(10-24)20(25)21-9-15-5-6-17-18(8-15)29-13-28-17/h5-6,8,11-12,14,16H,3-4,7,9-10,13H2,1-2H3,(H,21,25)/t16-/m0/s1. The molecule has 0 bridgehead atoms. The molecule has 1 aromatic carbocycles. The highest BCUT2D eigenvalue weighted by atomic mass is 32.2. The van der Waals surface area contributed by atoms with Crippen molar-refractivity contribution in [2.24, 2.45) is 5.92 Å². The van der Waals surface area contributed by atoms with Gasteiger partial charge in [0.05, 0.1) is 12.2 Å². The number of carbonyl (C=O) groups is 1. The van der Waals surface area contributed by atoms with Gasteiger partial charge < -0.3 is 19.4 Å². The van der Waals surface area contributed by atoms with Gasteiger partial charge in [-0.05, 0) is 44.4 Å². The summed E-state index contributed by atoms with van der Waals surface area (Å²) in [6.07, 6.45) is 4.35. The van der Waals surface area contributed by atoms with Gasteiger partial charge in [-0.2, -0.15) is 4.31 Å². The molecule has 0 unspecified atom stereocenters. The molecule has 1 fully saturated rings. The molecule has 1 atom stereocenters. The number of piperidine rings is 1. The Balaban J connectivity index is 1.38. The van der Waals surface area contributed by atoms with Crippen molar-refractivity contribution in [1.82, 2.24) is 19.2 Å². The van der Waals surface area contributed by atoms with Crippen molar-refractivity contribution in [2.45, 2.75) is 44.3 Å². The number of hydrogen-bond donors (Lipinski definition) is 1. The van der Waals surface area contributed by atoms with Gasteiger partial charge in [-0.15, -0.1) is 0 Å². The van der Waals surface area contributed by atoms with E-state index >= 15 is 0 Å². The quantitative estimate of drug-likeness (QED) is 0.745. The second-order valence-electron chi connectivity index (χ2n) is 7.86. The lowest BCUT2D eigenvalue weighted by Crippen LogP contribution is -2.45. The average Bonchev–Trinajstić information content (AvgIpc) is 3.41. The van der Waals surface area contributed by atoms with E-state index in [0.717, 1.165) is 5.56 Å². The summed E-state index contributed by atoms with van der Waals surface area (Å²) in [4.78, 5) is 16.8. The maximum atomic E-state index is 13.0. The maximum Gasteiger partial charge on any atom is 0.262 e. The molecule has 0 aliphatic carbocycles. The third kappa shape index (κ3) is 4.15. The lowest BCUT2D eigenvalue weighted by atomic mass is 9.98. The van der Waals surface area contributed by atoms with E-state index in [1.165, 1.54) is 10.6 Å². The largest absolute Gasteiger partial charge is 0.454 e. The van der Waals surface area contributed by atoms with E-state index in [1.807, 2.05) is 32.0 Å². The Hall–Kier alpha value is -2.59. The van der Waals surface area contributed by atoms with E-state index in [4.69, 9.17) is 9.47 Å². The van der Waals surface area contributed by atoms with Gasteiger partial charge in [-0.1, -0.05) is 6.07 Å².